The van der Waals surface area contributed by atoms with Gasteiger partial charge in [-0.05, 0) is 55.5 Å². The quantitative estimate of drug-likeness (QED) is 0.567. The first-order valence-electron chi connectivity index (χ1n) is 9.99. The Morgan fingerprint density at radius 1 is 1.13 bits per heavy atom. The third-order valence-electron chi connectivity index (χ3n) is 5.01. The van der Waals surface area contributed by atoms with Crippen molar-refractivity contribution in [2.75, 3.05) is 13.7 Å². The van der Waals surface area contributed by atoms with Crippen LogP contribution < -0.4 is 14.8 Å². The molecule has 0 heterocycles. The molecule has 1 atom stereocenters. The molecule has 0 aromatic heterocycles. The maximum Gasteiger partial charge on any atom is 0.394 e. The van der Waals surface area contributed by atoms with E-state index in [9.17, 15) is 9.59 Å². The Kier molecular flexibility index (Phi) is 7.34. The van der Waals surface area contributed by atoms with E-state index >= 15 is 0 Å². The number of carboxylic acids is 1. The molecule has 1 amide bonds. The van der Waals surface area contributed by atoms with Gasteiger partial charge >= 0.3 is 11.9 Å². The van der Waals surface area contributed by atoms with E-state index in [-0.39, 0.29) is 12.6 Å². The minimum Gasteiger partial charge on any atom is -0.493 e. The Morgan fingerprint density at radius 3 is 2.53 bits per heavy atom. The number of carbonyl (C=O) groups excluding carboxylic acids is 1. The van der Waals surface area contributed by atoms with Gasteiger partial charge in [0.15, 0.2) is 11.5 Å². The van der Waals surface area contributed by atoms with E-state index in [1.165, 1.54) is 0 Å². The molecule has 2 N–H and O–H groups in total. The highest BCUT2D eigenvalue weighted by molar-refractivity contribution is 6.31. The van der Waals surface area contributed by atoms with E-state index in [0.717, 1.165) is 36.8 Å². The van der Waals surface area contributed by atoms with Gasteiger partial charge < -0.3 is 19.9 Å². The Hall–Kier alpha value is -3.46. The van der Waals surface area contributed by atoms with Crippen LogP contribution in [0.1, 0.15) is 42.7 Å². The Morgan fingerprint density at radius 2 is 1.87 bits per heavy atom. The third-order valence-corrected chi connectivity index (χ3v) is 5.01. The molecule has 1 fully saturated rings. The summed E-state index contributed by atoms with van der Waals surface area (Å²) in [5, 5.41) is 11.3. The highest BCUT2D eigenvalue weighted by Gasteiger charge is 2.21. The molecule has 0 bridgehead atoms. The highest BCUT2D eigenvalue weighted by Crippen LogP contribution is 2.34. The lowest BCUT2D eigenvalue weighted by Gasteiger charge is -2.19. The van der Waals surface area contributed by atoms with Gasteiger partial charge in [-0.1, -0.05) is 36.1 Å². The highest BCUT2D eigenvalue weighted by atomic mass is 16.5. The lowest BCUT2D eigenvalue weighted by molar-refractivity contribution is -0.150. The van der Waals surface area contributed by atoms with Crippen LogP contribution in [0, 0.1) is 11.8 Å². The largest absolute Gasteiger partial charge is 0.493 e. The molecule has 1 saturated carbocycles. The fourth-order valence-corrected chi connectivity index (χ4v) is 3.40. The predicted molar refractivity (Wildman–Crippen MR) is 113 cm³/mol. The summed E-state index contributed by atoms with van der Waals surface area (Å²) in [5.74, 6) is 4.53. The second-order valence-corrected chi connectivity index (χ2v) is 7.14. The summed E-state index contributed by atoms with van der Waals surface area (Å²) in [5.41, 5.74) is 1.65. The van der Waals surface area contributed by atoms with Crippen molar-refractivity contribution in [3.05, 3.63) is 59.7 Å². The first kappa shape index (κ1) is 21.3. The van der Waals surface area contributed by atoms with Crippen LogP contribution in [0.25, 0.3) is 0 Å². The SMILES string of the molecule is COc1ccc(C(C#Cc2ccccc2)CNC(=O)C(=O)O)cc1OC1CCCC1. The number of aliphatic carboxylic acids is 1. The van der Waals surface area contributed by atoms with Crippen molar-refractivity contribution in [1.29, 1.82) is 0 Å². The molecule has 1 aliphatic carbocycles. The molecular formula is C24H25NO5. The van der Waals surface area contributed by atoms with Gasteiger partial charge in [0.25, 0.3) is 0 Å². The van der Waals surface area contributed by atoms with Crippen LogP contribution in [-0.4, -0.2) is 36.7 Å². The number of rotatable bonds is 6. The van der Waals surface area contributed by atoms with E-state index in [1.807, 2.05) is 48.5 Å². The standard InChI is InChI=1S/C24H25NO5/c1-29-21-14-13-18(15-22(21)30-20-9-5-6-10-20)19(16-25-23(26)24(27)28)12-11-17-7-3-2-4-8-17/h2-4,7-8,13-15,19-20H,5-6,9-10,16H2,1H3,(H,25,26)(H,27,28). The van der Waals surface area contributed by atoms with Gasteiger partial charge in [-0.25, -0.2) is 4.79 Å². The number of methoxy groups -OCH3 is 1. The molecule has 30 heavy (non-hydrogen) atoms. The average Bonchev–Trinajstić information content (AvgIpc) is 3.27. The number of carboxylic acid groups (broad SMARTS) is 1. The smallest absolute Gasteiger partial charge is 0.394 e. The molecule has 0 radical (unpaired) electrons. The van der Waals surface area contributed by atoms with Crippen molar-refractivity contribution in [3.8, 4) is 23.3 Å². The molecule has 3 rings (SSSR count). The van der Waals surface area contributed by atoms with Crippen LogP contribution in [0.2, 0.25) is 0 Å². The average molecular weight is 407 g/mol. The van der Waals surface area contributed by atoms with Gasteiger partial charge in [0, 0.05) is 12.1 Å². The molecule has 2 aromatic rings. The first-order chi connectivity index (χ1) is 14.6. The topological polar surface area (TPSA) is 84.9 Å². The molecule has 0 spiro atoms. The third kappa shape index (κ3) is 5.77. The van der Waals surface area contributed by atoms with Gasteiger partial charge in [-0.3, -0.25) is 4.79 Å². The van der Waals surface area contributed by atoms with Gasteiger partial charge in [0.05, 0.1) is 19.1 Å². The second kappa shape index (κ2) is 10.4. The molecular weight excluding hydrogens is 382 g/mol. The fourth-order valence-electron chi connectivity index (χ4n) is 3.40. The van der Waals surface area contributed by atoms with Gasteiger partial charge in [0.2, 0.25) is 0 Å². The minimum absolute atomic E-state index is 0.0696. The van der Waals surface area contributed by atoms with Crippen molar-refractivity contribution in [1.82, 2.24) is 5.32 Å². The number of hydrogen-bond donors (Lipinski definition) is 2. The van der Waals surface area contributed by atoms with Gasteiger partial charge in [0.1, 0.15) is 0 Å². The zero-order chi connectivity index (χ0) is 21.3. The van der Waals surface area contributed by atoms with Crippen molar-refractivity contribution < 1.29 is 24.2 Å². The summed E-state index contributed by atoms with van der Waals surface area (Å²) in [6.07, 6.45) is 4.49. The molecule has 0 saturated heterocycles. The summed E-state index contributed by atoms with van der Waals surface area (Å²) in [6, 6.07) is 15.0. The number of nitrogens with one attached hydrogen (secondary N) is 1. The molecule has 2 aromatic carbocycles. The summed E-state index contributed by atoms with van der Waals surface area (Å²) in [7, 11) is 1.59. The zero-order valence-corrected chi connectivity index (χ0v) is 16.9. The number of amides is 1. The summed E-state index contributed by atoms with van der Waals surface area (Å²) in [4.78, 5) is 22.4. The van der Waals surface area contributed by atoms with Crippen molar-refractivity contribution in [2.45, 2.75) is 37.7 Å². The molecule has 0 aliphatic heterocycles. The van der Waals surface area contributed by atoms with Crippen LogP contribution in [-0.2, 0) is 9.59 Å². The number of hydrogen-bond acceptors (Lipinski definition) is 4. The number of carbonyl (C=O) groups is 2. The molecule has 6 heteroatoms. The predicted octanol–water partition coefficient (Wildman–Crippen LogP) is 3.35. The second-order valence-electron chi connectivity index (χ2n) is 7.14. The Labute approximate surface area is 176 Å². The molecule has 1 unspecified atom stereocenters. The minimum atomic E-state index is -1.52. The molecule has 1 aliphatic rings. The van der Waals surface area contributed by atoms with Crippen LogP contribution in [0.3, 0.4) is 0 Å². The summed E-state index contributed by atoms with van der Waals surface area (Å²) < 4.78 is 11.6. The Balaban J connectivity index is 1.88. The van der Waals surface area contributed by atoms with E-state index < -0.39 is 17.8 Å². The van der Waals surface area contributed by atoms with Gasteiger partial charge in [-0.15, -0.1) is 0 Å². The Bertz CT molecular complexity index is 939. The van der Waals surface area contributed by atoms with Gasteiger partial charge in [-0.2, -0.15) is 0 Å². The van der Waals surface area contributed by atoms with Crippen LogP contribution in [0.15, 0.2) is 48.5 Å². The van der Waals surface area contributed by atoms with Crippen molar-refractivity contribution in [3.63, 3.8) is 0 Å². The van der Waals surface area contributed by atoms with Crippen LogP contribution in [0.4, 0.5) is 0 Å². The number of ether oxygens (including phenoxy) is 2. The lowest BCUT2D eigenvalue weighted by Crippen LogP contribution is -2.33. The van der Waals surface area contributed by atoms with E-state index in [1.54, 1.807) is 7.11 Å². The van der Waals surface area contributed by atoms with E-state index in [0.29, 0.717) is 11.5 Å². The number of benzene rings is 2. The monoisotopic (exact) mass is 407 g/mol. The maximum atomic E-state index is 11.5. The van der Waals surface area contributed by atoms with E-state index in [4.69, 9.17) is 14.6 Å². The van der Waals surface area contributed by atoms with Crippen LogP contribution in [0.5, 0.6) is 11.5 Å². The van der Waals surface area contributed by atoms with Crippen LogP contribution >= 0.6 is 0 Å². The summed E-state index contributed by atoms with van der Waals surface area (Å²) in [6.45, 7) is 0.0696. The van der Waals surface area contributed by atoms with E-state index in [2.05, 4.69) is 17.2 Å². The first-order valence-corrected chi connectivity index (χ1v) is 9.99. The molecule has 6 nitrogen and oxygen atoms in total. The normalized spacial score (nSPS) is 14.3. The molecule has 156 valence electrons. The zero-order valence-electron chi connectivity index (χ0n) is 16.9. The maximum absolute atomic E-state index is 11.5. The van der Waals surface area contributed by atoms with Crippen molar-refractivity contribution >= 4 is 11.9 Å². The summed E-state index contributed by atoms with van der Waals surface area (Å²) >= 11 is 0. The van der Waals surface area contributed by atoms with Crippen molar-refractivity contribution in [2.24, 2.45) is 0 Å². The lowest BCUT2D eigenvalue weighted by atomic mass is 9.98. The fraction of sp³-hybridized carbons (Fsp3) is 0.333.